The van der Waals surface area contributed by atoms with Gasteiger partial charge >= 0.3 is 5.97 Å². The van der Waals surface area contributed by atoms with Gasteiger partial charge in [0.1, 0.15) is 11.8 Å². The summed E-state index contributed by atoms with van der Waals surface area (Å²) in [6, 6.07) is 2.31. The summed E-state index contributed by atoms with van der Waals surface area (Å²) in [5.41, 5.74) is 6.94. The second kappa shape index (κ2) is 6.85. The molecule has 0 aliphatic heterocycles. The number of ether oxygens (including phenoxy) is 2. The molecule has 0 aliphatic carbocycles. The van der Waals surface area contributed by atoms with Crippen LogP contribution in [0, 0.1) is 24.0 Å². The summed E-state index contributed by atoms with van der Waals surface area (Å²) in [7, 11) is 1.26. The average Bonchev–Trinajstić information content (AvgIpc) is 2.39. The van der Waals surface area contributed by atoms with Crippen molar-refractivity contribution in [3.63, 3.8) is 0 Å². The lowest BCUT2D eigenvalue weighted by atomic mass is 10.1. The highest BCUT2D eigenvalue weighted by Gasteiger charge is 2.16. The summed E-state index contributed by atoms with van der Waals surface area (Å²) in [5.74, 6) is -0.0976. The first-order valence-corrected chi connectivity index (χ1v) is 6.08. The van der Waals surface area contributed by atoms with Gasteiger partial charge in [-0.1, -0.05) is 0 Å². The Hall–Kier alpha value is -2.15. The lowest BCUT2D eigenvalue weighted by Crippen LogP contribution is -2.33. The van der Waals surface area contributed by atoms with Crippen LogP contribution in [0.1, 0.15) is 17.5 Å². The van der Waals surface area contributed by atoms with E-state index >= 15 is 0 Å². The molecule has 1 aromatic rings. The van der Waals surface area contributed by atoms with Gasteiger partial charge in [0.2, 0.25) is 0 Å². The third-order valence-electron chi connectivity index (χ3n) is 2.88. The van der Waals surface area contributed by atoms with Crippen molar-refractivity contribution in [1.29, 1.82) is 0 Å². The van der Waals surface area contributed by atoms with E-state index in [2.05, 4.69) is 4.74 Å². The number of nitro groups is 1. The third-order valence-corrected chi connectivity index (χ3v) is 2.88. The molecule has 0 amide bonds. The summed E-state index contributed by atoms with van der Waals surface area (Å²) < 4.78 is 9.95. The Labute approximate surface area is 116 Å². The molecule has 1 rings (SSSR count). The molecule has 7 nitrogen and oxygen atoms in total. The summed E-state index contributed by atoms with van der Waals surface area (Å²) in [6.07, 6.45) is 0.272. The maximum absolute atomic E-state index is 11.1. The van der Waals surface area contributed by atoms with Gasteiger partial charge in [0.15, 0.2) is 0 Å². The quantitative estimate of drug-likeness (QED) is 0.481. The minimum Gasteiger partial charge on any atom is -0.493 e. The maximum Gasteiger partial charge on any atom is 0.322 e. The second-order valence-electron chi connectivity index (χ2n) is 4.43. The fraction of sp³-hybridized carbons (Fsp3) is 0.462. The molecular weight excluding hydrogens is 264 g/mol. The van der Waals surface area contributed by atoms with Crippen molar-refractivity contribution in [2.45, 2.75) is 26.3 Å². The van der Waals surface area contributed by atoms with Gasteiger partial charge in [-0.3, -0.25) is 14.9 Å². The topological polar surface area (TPSA) is 105 Å². The summed E-state index contributed by atoms with van der Waals surface area (Å²) in [6.45, 7) is 3.64. The molecule has 20 heavy (non-hydrogen) atoms. The zero-order valence-electron chi connectivity index (χ0n) is 11.7. The van der Waals surface area contributed by atoms with Gasteiger partial charge in [-0.25, -0.2) is 0 Å². The standard InChI is InChI=1S/C13H18N2O5/c1-8-6-9(2)12(7-11(8)15(17)18)20-5-4-10(14)13(16)19-3/h6-7,10H,4-5,14H2,1-3H3. The van der Waals surface area contributed by atoms with Crippen molar-refractivity contribution in [2.24, 2.45) is 5.73 Å². The Balaban J connectivity index is 2.71. The number of aryl methyl sites for hydroxylation is 2. The van der Waals surface area contributed by atoms with Crippen LogP contribution in [0.15, 0.2) is 12.1 Å². The number of esters is 1. The monoisotopic (exact) mass is 282 g/mol. The van der Waals surface area contributed by atoms with E-state index in [0.717, 1.165) is 5.56 Å². The molecule has 0 fully saturated rings. The first-order chi connectivity index (χ1) is 9.36. The van der Waals surface area contributed by atoms with E-state index in [0.29, 0.717) is 11.3 Å². The van der Waals surface area contributed by atoms with Crippen LogP contribution in [0.5, 0.6) is 5.75 Å². The van der Waals surface area contributed by atoms with Gasteiger partial charge in [-0.15, -0.1) is 0 Å². The number of benzene rings is 1. The molecule has 7 heteroatoms. The van der Waals surface area contributed by atoms with Crippen LogP contribution in [0.4, 0.5) is 5.69 Å². The smallest absolute Gasteiger partial charge is 0.322 e. The molecule has 0 aromatic heterocycles. The van der Waals surface area contributed by atoms with Gasteiger partial charge in [-0.05, 0) is 25.5 Å². The Morgan fingerprint density at radius 3 is 2.60 bits per heavy atom. The first kappa shape index (κ1) is 15.9. The number of nitrogens with two attached hydrogens (primary N) is 1. The van der Waals surface area contributed by atoms with Gasteiger partial charge < -0.3 is 15.2 Å². The Morgan fingerprint density at radius 2 is 2.05 bits per heavy atom. The molecule has 0 saturated heterocycles. The van der Waals surface area contributed by atoms with E-state index in [4.69, 9.17) is 10.5 Å². The van der Waals surface area contributed by atoms with Gasteiger partial charge in [0, 0.05) is 12.0 Å². The number of carbonyl (C=O) groups is 1. The highest BCUT2D eigenvalue weighted by Crippen LogP contribution is 2.28. The Kier molecular flexibility index (Phi) is 5.45. The van der Waals surface area contributed by atoms with Crippen molar-refractivity contribution in [3.8, 4) is 5.75 Å². The van der Waals surface area contributed by atoms with Gasteiger partial charge in [-0.2, -0.15) is 0 Å². The highest BCUT2D eigenvalue weighted by molar-refractivity contribution is 5.75. The molecule has 0 bridgehead atoms. The molecule has 0 spiro atoms. The molecular formula is C13H18N2O5. The highest BCUT2D eigenvalue weighted by atomic mass is 16.6. The molecule has 2 N–H and O–H groups in total. The van der Waals surface area contributed by atoms with Gasteiger partial charge in [0.25, 0.3) is 5.69 Å². The van der Waals surface area contributed by atoms with Crippen molar-refractivity contribution in [3.05, 3.63) is 33.4 Å². The molecule has 1 unspecified atom stereocenters. The summed E-state index contributed by atoms with van der Waals surface area (Å²) in [4.78, 5) is 21.5. The Morgan fingerprint density at radius 1 is 1.40 bits per heavy atom. The molecule has 0 heterocycles. The van der Waals surface area contributed by atoms with Crippen LogP contribution in [0.3, 0.4) is 0 Å². The lowest BCUT2D eigenvalue weighted by Gasteiger charge is -2.12. The predicted octanol–water partition coefficient (Wildman–Crippen LogP) is 1.48. The van der Waals surface area contributed by atoms with E-state index in [9.17, 15) is 14.9 Å². The lowest BCUT2D eigenvalue weighted by molar-refractivity contribution is -0.385. The summed E-state index contributed by atoms with van der Waals surface area (Å²) in [5, 5.41) is 10.9. The minimum absolute atomic E-state index is 0.00265. The fourth-order valence-electron chi connectivity index (χ4n) is 1.74. The van der Waals surface area contributed by atoms with E-state index in [-0.39, 0.29) is 18.7 Å². The predicted molar refractivity (Wildman–Crippen MR) is 72.7 cm³/mol. The SMILES string of the molecule is COC(=O)C(N)CCOc1cc([N+](=O)[O-])c(C)cc1C. The molecule has 0 saturated carbocycles. The maximum atomic E-state index is 11.1. The fourth-order valence-corrected chi connectivity index (χ4v) is 1.74. The molecule has 1 aromatic carbocycles. The van der Waals surface area contributed by atoms with Gasteiger partial charge in [0.05, 0.1) is 24.7 Å². The molecule has 1 atom stereocenters. The van der Waals surface area contributed by atoms with E-state index < -0.39 is 16.9 Å². The normalized spacial score (nSPS) is 11.8. The number of hydrogen-bond donors (Lipinski definition) is 1. The molecule has 0 radical (unpaired) electrons. The number of nitrogens with zero attached hydrogens (tertiary/aromatic N) is 1. The average molecular weight is 282 g/mol. The Bertz CT molecular complexity index is 516. The van der Waals surface area contributed by atoms with E-state index in [1.54, 1.807) is 19.9 Å². The number of carbonyl (C=O) groups excluding carboxylic acids is 1. The van der Waals surface area contributed by atoms with Crippen LogP contribution in [-0.4, -0.2) is 30.7 Å². The zero-order chi connectivity index (χ0) is 15.3. The minimum atomic E-state index is -0.763. The molecule has 110 valence electrons. The van der Waals surface area contributed by atoms with Crippen molar-refractivity contribution < 1.29 is 19.2 Å². The van der Waals surface area contributed by atoms with E-state index in [1.165, 1.54) is 13.2 Å². The van der Waals surface area contributed by atoms with Crippen LogP contribution in [0.2, 0.25) is 0 Å². The number of nitro benzene ring substituents is 1. The van der Waals surface area contributed by atoms with Crippen LogP contribution in [-0.2, 0) is 9.53 Å². The van der Waals surface area contributed by atoms with E-state index in [1.807, 2.05) is 0 Å². The number of rotatable bonds is 6. The van der Waals surface area contributed by atoms with Crippen molar-refractivity contribution in [1.82, 2.24) is 0 Å². The number of hydrogen-bond acceptors (Lipinski definition) is 6. The van der Waals surface area contributed by atoms with Crippen LogP contribution in [0.25, 0.3) is 0 Å². The summed E-state index contributed by atoms with van der Waals surface area (Å²) >= 11 is 0. The third kappa shape index (κ3) is 3.92. The molecule has 0 aliphatic rings. The van der Waals surface area contributed by atoms with Crippen molar-refractivity contribution in [2.75, 3.05) is 13.7 Å². The first-order valence-electron chi connectivity index (χ1n) is 6.08. The second-order valence-corrected chi connectivity index (χ2v) is 4.43. The number of methoxy groups -OCH3 is 1. The van der Waals surface area contributed by atoms with Crippen LogP contribution >= 0.6 is 0 Å². The van der Waals surface area contributed by atoms with Crippen LogP contribution < -0.4 is 10.5 Å². The zero-order valence-corrected chi connectivity index (χ0v) is 11.7. The van der Waals surface area contributed by atoms with Crippen molar-refractivity contribution >= 4 is 11.7 Å². The largest absolute Gasteiger partial charge is 0.493 e.